The maximum absolute atomic E-state index is 5.55. The molecule has 0 spiro atoms. The second-order valence-electron chi connectivity index (χ2n) is 8.67. The fraction of sp³-hybridized carbons (Fsp3) is 0.364. The molecule has 0 amide bonds. The van der Waals surface area contributed by atoms with Gasteiger partial charge in [0.25, 0.3) is 0 Å². The summed E-state index contributed by atoms with van der Waals surface area (Å²) in [7, 11) is 0. The Morgan fingerprint density at radius 2 is 1.77 bits per heavy atom. The molecule has 2 aromatic carbocycles. The Balaban J connectivity index is 1.79. The van der Waals surface area contributed by atoms with Crippen LogP contribution in [0.25, 0.3) is 21.3 Å². The van der Waals surface area contributed by atoms with Crippen LogP contribution in [0.2, 0.25) is 0 Å². The van der Waals surface area contributed by atoms with Gasteiger partial charge in [-0.2, -0.15) is 0 Å². The number of hydrogen-bond donors (Lipinski definition) is 0. The standard InChI is InChI=1S/C22H24N2OS/c1-21(2,3)16-10-19-18(23-12-25-19)8-14(16)11-22(4,5)15-6-7-17-20(9-15)26-13-24-17/h6-10,12-13H,11H2,1-5H3. The summed E-state index contributed by atoms with van der Waals surface area (Å²) in [4.78, 5) is 8.77. The molecule has 2 heterocycles. The first-order valence-electron chi connectivity index (χ1n) is 8.94. The van der Waals surface area contributed by atoms with Crippen LogP contribution >= 0.6 is 11.3 Å². The van der Waals surface area contributed by atoms with Gasteiger partial charge in [0, 0.05) is 0 Å². The van der Waals surface area contributed by atoms with E-state index in [-0.39, 0.29) is 10.8 Å². The van der Waals surface area contributed by atoms with Crippen molar-refractivity contribution in [2.75, 3.05) is 0 Å². The molecule has 0 fully saturated rings. The Morgan fingerprint density at radius 3 is 2.54 bits per heavy atom. The summed E-state index contributed by atoms with van der Waals surface area (Å²) >= 11 is 1.70. The number of hydrogen-bond acceptors (Lipinski definition) is 4. The zero-order valence-electron chi connectivity index (χ0n) is 16.0. The van der Waals surface area contributed by atoms with Gasteiger partial charge in [-0.1, -0.05) is 40.7 Å². The molecule has 0 N–H and O–H groups in total. The minimum Gasteiger partial charge on any atom is -0.443 e. The van der Waals surface area contributed by atoms with Crippen molar-refractivity contribution in [3.8, 4) is 0 Å². The highest BCUT2D eigenvalue weighted by atomic mass is 32.1. The lowest BCUT2D eigenvalue weighted by Gasteiger charge is -2.30. The van der Waals surface area contributed by atoms with E-state index < -0.39 is 0 Å². The molecule has 2 aromatic heterocycles. The van der Waals surface area contributed by atoms with Crippen LogP contribution in [-0.2, 0) is 17.3 Å². The Bertz CT molecular complexity index is 1080. The lowest BCUT2D eigenvalue weighted by Crippen LogP contribution is -2.23. The van der Waals surface area contributed by atoms with Crippen molar-refractivity contribution in [3.05, 3.63) is 58.9 Å². The first-order valence-corrected chi connectivity index (χ1v) is 9.82. The van der Waals surface area contributed by atoms with Crippen molar-refractivity contribution >= 4 is 32.7 Å². The Hall–Kier alpha value is -2.20. The van der Waals surface area contributed by atoms with Crippen molar-refractivity contribution in [1.29, 1.82) is 0 Å². The largest absolute Gasteiger partial charge is 0.443 e. The normalized spacial score (nSPS) is 13.0. The predicted octanol–water partition coefficient (Wildman–Crippen LogP) is 6.26. The maximum atomic E-state index is 5.55. The van der Waals surface area contributed by atoms with Gasteiger partial charge in [-0.3, -0.25) is 0 Å². The van der Waals surface area contributed by atoms with Gasteiger partial charge >= 0.3 is 0 Å². The van der Waals surface area contributed by atoms with Gasteiger partial charge in [0.05, 0.1) is 15.7 Å². The quantitative estimate of drug-likeness (QED) is 0.431. The zero-order valence-corrected chi connectivity index (χ0v) is 16.8. The molecule has 134 valence electrons. The second kappa shape index (κ2) is 5.92. The van der Waals surface area contributed by atoms with Gasteiger partial charge in [-0.15, -0.1) is 11.3 Å². The number of fused-ring (bicyclic) bond motifs is 2. The van der Waals surface area contributed by atoms with E-state index in [0.29, 0.717) is 0 Å². The van der Waals surface area contributed by atoms with Gasteiger partial charge in [-0.25, -0.2) is 9.97 Å². The highest BCUT2D eigenvalue weighted by Crippen LogP contribution is 2.36. The molecule has 0 saturated heterocycles. The average molecular weight is 365 g/mol. The van der Waals surface area contributed by atoms with E-state index in [9.17, 15) is 0 Å². The first-order chi connectivity index (χ1) is 12.2. The van der Waals surface area contributed by atoms with Gasteiger partial charge in [0.15, 0.2) is 12.0 Å². The van der Waals surface area contributed by atoms with E-state index in [2.05, 4.69) is 74.9 Å². The topological polar surface area (TPSA) is 38.9 Å². The number of aromatic nitrogens is 2. The van der Waals surface area contributed by atoms with Crippen LogP contribution in [0.1, 0.15) is 51.3 Å². The highest BCUT2D eigenvalue weighted by molar-refractivity contribution is 7.16. The van der Waals surface area contributed by atoms with Gasteiger partial charge in [0.2, 0.25) is 0 Å². The molecular formula is C22H24N2OS. The molecule has 0 bridgehead atoms. The third kappa shape index (κ3) is 3.03. The molecular weight excluding hydrogens is 340 g/mol. The van der Waals surface area contributed by atoms with Crippen molar-refractivity contribution in [2.24, 2.45) is 0 Å². The molecule has 4 heteroatoms. The van der Waals surface area contributed by atoms with E-state index in [1.54, 1.807) is 11.3 Å². The van der Waals surface area contributed by atoms with E-state index in [1.165, 1.54) is 27.8 Å². The van der Waals surface area contributed by atoms with Crippen LogP contribution in [0, 0.1) is 0 Å². The van der Waals surface area contributed by atoms with Crippen molar-refractivity contribution < 1.29 is 4.42 Å². The Kier molecular flexibility index (Phi) is 3.92. The fourth-order valence-corrected chi connectivity index (χ4v) is 4.36. The lowest BCUT2D eigenvalue weighted by molar-refractivity contribution is 0.507. The fourth-order valence-electron chi connectivity index (χ4n) is 3.65. The highest BCUT2D eigenvalue weighted by Gasteiger charge is 2.27. The van der Waals surface area contributed by atoms with Crippen molar-refractivity contribution in [1.82, 2.24) is 9.97 Å². The van der Waals surface area contributed by atoms with Crippen molar-refractivity contribution in [2.45, 2.75) is 51.9 Å². The third-order valence-corrected chi connectivity index (χ3v) is 5.90. The second-order valence-corrected chi connectivity index (χ2v) is 9.56. The van der Waals surface area contributed by atoms with Crippen LogP contribution in [0.5, 0.6) is 0 Å². The molecule has 26 heavy (non-hydrogen) atoms. The minimum atomic E-state index is 0.00952. The molecule has 0 atom stereocenters. The molecule has 0 saturated carbocycles. The summed E-state index contributed by atoms with van der Waals surface area (Å²) in [6.07, 6.45) is 2.48. The maximum Gasteiger partial charge on any atom is 0.181 e. The smallest absolute Gasteiger partial charge is 0.181 e. The molecule has 4 rings (SSSR count). The van der Waals surface area contributed by atoms with Crippen molar-refractivity contribution in [3.63, 3.8) is 0 Å². The summed E-state index contributed by atoms with van der Waals surface area (Å²) in [5.41, 5.74) is 8.86. The third-order valence-electron chi connectivity index (χ3n) is 5.11. The van der Waals surface area contributed by atoms with Gasteiger partial charge in [-0.05, 0) is 58.2 Å². The summed E-state index contributed by atoms with van der Waals surface area (Å²) in [6, 6.07) is 11.0. The van der Waals surface area contributed by atoms with Crippen LogP contribution < -0.4 is 0 Å². The van der Waals surface area contributed by atoms with Crippen LogP contribution in [0.4, 0.5) is 0 Å². The van der Waals surface area contributed by atoms with E-state index in [0.717, 1.165) is 23.0 Å². The zero-order chi connectivity index (χ0) is 18.5. The Morgan fingerprint density at radius 1 is 0.962 bits per heavy atom. The Labute approximate surface area is 158 Å². The molecule has 4 aromatic rings. The minimum absolute atomic E-state index is 0.00952. The number of oxazole rings is 1. The lowest BCUT2D eigenvalue weighted by atomic mass is 9.74. The summed E-state index contributed by atoms with van der Waals surface area (Å²) in [5.74, 6) is 0. The molecule has 0 aliphatic carbocycles. The number of thiazole rings is 1. The molecule has 0 aliphatic heterocycles. The summed E-state index contributed by atoms with van der Waals surface area (Å²) in [6.45, 7) is 11.4. The van der Waals surface area contributed by atoms with Crippen LogP contribution in [0.3, 0.4) is 0 Å². The molecule has 0 unspecified atom stereocenters. The molecule has 3 nitrogen and oxygen atoms in total. The average Bonchev–Trinajstić information content (AvgIpc) is 3.20. The van der Waals surface area contributed by atoms with Gasteiger partial charge in [0.1, 0.15) is 5.52 Å². The first kappa shape index (κ1) is 17.2. The number of benzene rings is 2. The van der Waals surface area contributed by atoms with E-state index >= 15 is 0 Å². The predicted molar refractivity (Wildman–Crippen MR) is 109 cm³/mol. The summed E-state index contributed by atoms with van der Waals surface area (Å²) in [5, 5.41) is 0. The summed E-state index contributed by atoms with van der Waals surface area (Å²) < 4.78 is 6.79. The molecule has 0 radical (unpaired) electrons. The number of rotatable bonds is 3. The van der Waals surface area contributed by atoms with Gasteiger partial charge < -0.3 is 4.42 Å². The molecule has 0 aliphatic rings. The number of nitrogens with zero attached hydrogens (tertiary/aromatic N) is 2. The van der Waals surface area contributed by atoms with Crippen LogP contribution in [-0.4, -0.2) is 9.97 Å². The SMILES string of the molecule is CC(C)(C)c1cc2ocnc2cc1CC(C)(C)c1ccc2ncsc2c1. The monoisotopic (exact) mass is 364 g/mol. The van der Waals surface area contributed by atoms with Crippen LogP contribution in [0.15, 0.2) is 46.7 Å². The van der Waals surface area contributed by atoms with E-state index in [1.807, 2.05) is 5.51 Å². The van der Waals surface area contributed by atoms with E-state index in [4.69, 9.17) is 4.42 Å².